The number of carbonyl (C=O) groups is 2. The first kappa shape index (κ1) is 16.5. The number of esters is 1. The smallest absolute Gasteiger partial charge is 0.340 e. The van der Waals surface area contributed by atoms with E-state index in [1.54, 1.807) is 25.0 Å². The zero-order valence-corrected chi connectivity index (χ0v) is 13.7. The summed E-state index contributed by atoms with van der Waals surface area (Å²) in [6.07, 6.45) is 2.46. The SMILES string of the molecule is COCCCN1C(=O)/C(=C\c2cccs2)C(C(=O)OC)=C1C. The maximum Gasteiger partial charge on any atom is 0.340 e. The van der Waals surface area contributed by atoms with Crippen LogP contribution in [0, 0.1) is 0 Å². The number of hydrogen-bond donors (Lipinski definition) is 0. The minimum atomic E-state index is -0.483. The monoisotopic (exact) mass is 321 g/mol. The molecule has 0 atom stereocenters. The van der Waals surface area contributed by atoms with Crippen molar-refractivity contribution in [1.29, 1.82) is 0 Å². The number of rotatable bonds is 6. The molecule has 0 unspecified atom stereocenters. The van der Waals surface area contributed by atoms with Crippen LogP contribution < -0.4 is 0 Å². The molecule has 1 aliphatic rings. The molecule has 0 spiro atoms. The number of thiophene rings is 1. The molecule has 2 heterocycles. The Balaban J connectivity index is 2.36. The van der Waals surface area contributed by atoms with Gasteiger partial charge in [0.1, 0.15) is 0 Å². The standard InChI is InChI=1S/C16H19NO4S/c1-11-14(16(19)21-3)13(10-12-6-4-9-22-12)15(18)17(11)7-5-8-20-2/h4,6,9-10H,5,7-8H2,1-3H3/b13-10-. The first-order valence-corrected chi connectivity index (χ1v) is 7.83. The van der Waals surface area contributed by atoms with E-state index in [0.29, 0.717) is 36.4 Å². The van der Waals surface area contributed by atoms with E-state index in [4.69, 9.17) is 9.47 Å². The minimum absolute atomic E-state index is 0.164. The lowest BCUT2D eigenvalue weighted by Crippen LogP contribution is -2.26. The second-order valence-electron chi connectivity index (χ2n) is 4.83. The molecule has 1 aromatic heterocycles. The van der Waals surface area contributed by atoms with Crippen molar-refractivity contribution in [3.8, 4) is 0 Å². The maximum absolute atomic E-state index is 12.6. The quantitative estimate of drug-likeness (QED) is 0.459. The summed E-state index contributed by atoms with van der Waals surface area (Å²) in [6.45, 7) is 2.85. The van der Waals surface area contributed by atoms with E-state index in [2.05, 4.69) is 0 Å². The minimum Gasteiger partial charge on any atom is -0.465 e. The molecule has 5 nitrogen and oxygen atoms in total. The Bertz CT molecular complexity index is 616. The predicted octanol–water partition coefficient (Wildman–Crippen LogP) is 2.46. The van der Waals surface area contributed by atoms with Crippen molar-refractivity contribution in [1.82, 2.24) is 4.90 Å². The second kappa shape index (κ2) is 7.38. The van der Waals surface area contributed by atoms with Gasteiger partial charge in [-0.05, 0) is 30.9 Å². The highest BCUT2D eigenvalue weighted by Crippen LogP contribution is 2.32. The third kappa shape index (κ3) is 3.28. The van der Waals surface area contributed by atoms with Gasteiger partial charge in [-0.15, -0.1) is 11.3 Å². The van der Waals surface area contributed by atoms with E-state index in [1.165, 1.54) is 18.4 Å². The molecule has 0 N–H and O–H groups in total. The van der Waals surface area contributed by atoms with Crippen LogP contribution in [-0.4, -0.2) is 44.1 Å². The Labute approximate surface area is 133 Å². The Kier molecular flexibility index (Phi) is 5.51. The number of hydrogen-bond acceptors (Lipinski definition) is 5. The maximum atomic E-state index is 12.6. The van der Waals surface area contributed by atoms with Crippen LogP contribution in [0.5, 0.6) is 0 Å². The van der Waals surface area contributed by atoms with Crippen LogP contribution in [0.15, 0.2) is 34.4 Å². The predicted molar refractivity (Wildman–Crippen MR) is 85.2 cm³/mol. The summed E-state index contributed by atoms with van der Waals surface area (Å²) in [6, 6.07) is 3.81. The summed E-state index contributed by atoms with van der Waals surface area (Å²) in [5.41, 5.74) is 1.37. The van der Waals surface area contributed by atoms with Gasteiger partial charge in [-0.25, -0.2) is 4.79 Å². The molecule has 0 aliphatic carbocycles. The fourth-order valence-electron chi connectivity index (χ4n) is 2.38. The third-order valence-electron chi connectivity index (χ3n) is 3.46. The van der Waals surface area contributed by atoms with Crippen LogP contribution in [0.2, 0.25) is 0 Å². The molecule has 0 fully saturated rings. The van der Waals surface area contributed by atoms with E-state index in [-0.39, 0.29) is 5.91 Å². The van der Waals surface area contributed by atoms with Gasteiger partial charge in [-0.1, -0.05) is 6.07 Å². The molecule has 0 saturated carbocycles. The van der Waals surface area contributed by atoms with E-state index in [0.717, 1.165) is 4.88 Å². The van der Waals surface area contributed by atoms with Crippen LogP contribution >= 0.6 is 11.3 Å². The van der Waals surface area contributed by atoms with Crippen molar-refractivity contribution in [2.45, 2.75) is 13.3 Å². The number of nitrogens with zero attached hydrogens (tertiary/aromatic N) is 1. The van der Waals surface area contributed by atoms with Gasteiger partial charge in [0.05, 0.1) is 18.3 Å². The summed E-state index contributed by atoms with van der Waals surface area (Å²) in [5.74, 6) is -0.648. The average Bonchev–Trinajstić information content (AvgIpc) is 3.09. The lowest BCUT2D eigenvalue weighted by atomic mass is 10.1. The van der Waals surface area contributed by atoms with Gasteiger partial charge in [0, 0.05) is 30.8 Å². The van der Waals surface area contributed by atoms with Crippen molar-refractivity contribution < 1.29 is 19.1 Å². The zero-order valence-electron chi connectivity index (χ0n) is 12.9. The van der Waals surface area contributed by atoms with Crippen LogP contribution in [-0.2, 0) is 19.1 Å². The van der Waals surface area contributed by atoms with Gasteiger partial charge in [0.2, 0.25) is 0 Å². The van der Waals surface area contributed by atoms with Gasteiger partial charge >= 0.3 is 5.97 Å². The number of allylic oxidation sites excluding steroid dienone is 1. The van der Waals surface area contributed by atoms with Crippen LogP contribution in [0.3, 0.4) is 0 Å². The molecule has 6 heteroatoms. The molecule has 1 aromatic rings. The first-order chi connectivity index (χ1) is 10.6. The fraction of sp³-hybridized carbons (Fsp3) is 0.375. The van der Waals surface area contributed by atoms with Gasteiger partial charge in [-0.3, -0.25) is 4.79 Å². The summed E-state index contributed by atoms with van der Waals surface area (Å²) in [7, 11) is 2.94. The highest BCUT2D eigenvalue weighted by molar-refractivity contribution is 7.10. The Morgan fingerprint density at radius 3 is 2.77 bits per heavy atom. The van der Waals surface area contributed by atoms with E-state index >= 15 is 0 Å². The van der Waals surface area contributed by atoms with Crippen LogP contribution in [0.4, 0.5) is 0 Å². The Morgan fingerprint density at radius 1 is 1.41 bits per heavy atom. The first-order valence-electron chi connectivity index (χ1n) is 6.95. The highest BCUT2D eigenvalue weighted by Gasteiger charge is 2.36. The van der Waals surface area contributed by atoms with Gasteiger partial charge in [0.15, 0.2) is 0 Å². The molecule has 22 heavy (non-hydrogen) atoms. The molecule has 1 aliphatic heterocycles. The molecule has 118 valence electrons. The summed E-state index contributed by atoms with van der Waals surface area (Å²) in [5, 5.41) is 1.93. The Morgan fingerprint density at radius 2 is 2.18 bits per heavy atom. The number of carbonyl (C=O) groups excluding carboxylic acids is 2. The van der Waals surface area contributed by atoms with Crippen molar-refractivity contribution in [2.75, 3.05) is 27.4 Å². The van der Waals surface area contributed by atoms with E-state index in [1.807, 2.05) is 17.5 Å². The summed E-state index contributed by atoms with van der Waals surface area (Å²) in [4.78, 5) is 27.2. The second-order valence-corrected chi connectivity index (χ2v) is 5.81. The van der Waals surface area contributed by atoms with E-state index in [9.17, 15) is 9.59 Å². The van der Waals surface area contributed by atoms with Gasteiger partial charge < -0.3 is 14.4 Å². The average molecular weight is 321 g/mol. The molecule has 0 radical (unpaired) electrons. The third-order valence-corrected chi connectivity index (χ3v) is 4.28. The molecule has 1 amide bonds. The lowest BCUT2D eigenvalue weighted by Gasteiger charge is -2.17. The van der Waals surface area contributed by atoms with Crippen molar-refractivity contribution >= 4 is 29.3 Å². The van der Waals surface area contributed by atoms with Gasteiger partial charge in [0.25, 0.3) is 5.91 Å². The molecule has 0 saturated heterocycles. The van der Waals surface area contributed by atoms with Gasteiger partial charge in [-0.2, -0.15) is 0 Å². The van der Waals surface area contributed by atoms with Crippen LogP contribution in [0.1, 0.15) is 18.2 Å². The molecule has 0 bridgehead atoms. The van der Waals surface area contributed by atoms with Crippen LogP contribution in [0.25, 0.3) is 6.08 Å². The number of amides is 1. The topological polar surface area (TPSA) is 55.8 Å². The summed E-state index contributed by atoms with van der Waals surface area (Å²) < 4.78 is 9.86. The zero-order chi connectivity index (χ0) is 16.1. The Hall–Kier alpha value is -1.92. The number of methoxy groups -OCH3 is 2. The largest absolute Gasteiger partial charge is 0.465 e. The normalized spacial score (nSPS) is 16.8. The molecule has 0 aromatic carbocycles. The van der Waals surface area contributed by atoms with E-state index < -0.39 is 5.97 Å². The summed E-state index contributed by atoms with van der Waals surface area (Å²) >= 11 is 1.52. The number of ether oxygens (including phenoxy) is 2. The highest BCUT2D eigenvalue weighted by atomic mass is 32.1. The molecule has 2 rings (SSSR count). The molecular weight excluding hydrogens is 302 g/mol. The lowest BCUT2D eigenvalue weighted by molar-refractivity contribution is -0.136. The van der Waals surface area contributed by atoms with Crippen molar-refractivity contribution in [3.63, 3.8) is 0 Å². The molecular formula is C16H19NO4S. The van der Waals surface area contributed by atoms with Crippen molar-refractivity contribution in [3.05, 3.63) is 39.2 Å². The fourth-order valence-corrected chi connectivity index (χ4v) is 3.04. The van der Waals surface area contributed by atoms with Crippen molar-refractivity contribution in [2.24, 2.45) is 0 Å².